The van der Waals surface area contributed by atoms with Crippen LogP contribution in [0.1, 0.15) is 42.3 Å². The fraction of sp³-hybridized carbons (Fsp3) is 0.235. The Bertz CT molecular complexity index is 592. The number of hydrogen-bond donors (Lipinski definition) is 1. The molecule has 1 aromatic carbocycles. The van der Waals surface area contributed by atoms with Gasteiger partial charge in [-0.05, 0) is 62.1 Å². The first-order chi connectivity index (χ1) is 8.79. The van der Waals surface area contributed by atoms with Crippen molar-refractivity contribution in [2.45, 2.75) is 27.7 Å². The summed E-state index contributed by atoms with van der Waals surface area (Å²) in [5.41, 5.74) is 11.7. The molecule has 0 aromatic heterocycles. The SMILES string of the molecule is C=C(C)C(=C)/C(=C/C)c1cc(C(C)=O)c(N)cc1C. The summed E-state index contributed by atoms with van der Waals surface area (Å²) < 4.78 is 0. The first kappa shape index (κ1) is 15.0. The molecule has 19 heavy (non-hydrogen) atoms. The van der Waals surface area contributed by atoms with Gasteiger partial charge in [0.2, 0.25) is 0 Å². The van der Waals surface area contributed by atoms with Crippen molar-refractivity contribution < 1.29 is 4.79 Å². The number of aryl methyl sites for hydroxylation is 1. The lowest BCUT2D eigenvalue weighted by Crippen LogP contribution is -2.03. The van der Waals surface area contributed by atoms with Crippen molar-refractivity contribution in [1.29, 1.82) is 0 Å². The standard InChI is InChI=1S/C17H21NO/c1-7-14(12(5)10(2)3)15-9-16(13(6)19)17(18)8-11(15)4/h7-9H,2,5,18H2,1,3-4,6H3/b14-7-. The highest BCUT2D eigenvalue weighted by Crippen LogP contribution is 2.31. The van der Waals surface area contributed by atoms with Gasteiger partial charge in [0.25, 0.3) is 0 Å². The molecule has 0 spiro atoms. The average Bonchev–Trinajstić information content (AvgIpc) is 2.31. The van der Waals surface area contributed by atoms with Crippen LogP contribution in [0.4, 0.5) is 5.69 Å². The number of hydrogen-bond acceptors (Lipinski definition) is 2. The van der Waals surface area contributed by atoms with Crippen LogP contribution in [0.5, 0.6) is 0 Å². The van der Waals surface area contributed by atoms with E-state index in [1.54, 1.807) is 0 Å². The Hall–Kier alpha value is -2.09. The second-order valence-corrected chi connectivity index (χ2v) is 4.77. The molecule has 2 nitrogen and oxygen atoms in total. The van der Waals surface area contributed by atoms with Gasteiger partial charge in [-0.3, -0.25) is 4.79 Å². The van der Waals surface area contributed by atoms with Gasteiger partial charge < -0.3 is 5.73 Å². The van der Waals surface area contributed by atoms with Crippen LogP contribution in [-0.4, -0.2) is 5.78 Å². The van der Waals surface area contributed by atoms with Crippen LogP contribution in [0.2, 0.25) is 0 Å². The highest BCUT2D eigenvalue weighted by atomic mass is 16.1. The Morgan fingerprint density at radius 1 is 1.21 bits per heavy atom. The topological polar surface area (TPSA) is 43.1 Å². The zero-order valence-corrected chi connectivity index (χ0v) is 12.1. The van der Waals surface area contributed by atoms with Crippen LogP contribution in [0.15, 0.2) is 42.5 Å². The van der Waals surface area contributed by atoms with Crippen LogP contribution >= 0.6 is 0 Å². The number of nitrogen functional groups attached to an aromatic ring is 1. The van der Waals surface area contributed by atoms with E-state index in [4.69, 9.17) is 5.73 Å². The van der Waals surface area contributed by atoms with Crippen molar-refractivity contribution in [3.05, 3.63) is 59.2 Å². The molecular formula is C17H21NO. The lowest BCUT2D eigenvalue weighted by atomic mass is 9.89. The third-order valence-corrected chi connectivity index (χ3v) is 3.19. The molecule has 0 atom stereocenters. The van der Waals surface area contributed by atoms with E-state index in [1.165, 1.54) is 6.92 Å². The molecule has 1 rings (SSSR count). The van der Waals surface area contributed by atoms with Crippen molar-refractivity contribution in [2.24, 2.45) is 0 Å². The van der Waals surface area contributed by atoms with Gasteiger partial charge in [-0.1, -0.05) is 24.8 Å². The predicted octanol–water partition coefficient (Wildman–Crippen LogP) is 4.32. The number of carbonyl (C=O) groups excluding carboxylic acids is 1. The minimum atomic E-state index is -0.0323. The number of Topliss-reactive ketones (excluding diaryl/α,β-unsaturated/α-hetero) is 1. The molecule has 0 fully saturated rings. The van der Waals surface area contributed by atoms with E-state index in [2.05, 4.69) is 13.2 Å². The number of benzene rings is 1. The summed E-state index contributed by atoms with van der Waals surface area (Å²) in [7, 11) is 0. The van der Waals surface area contributed by atoms with Gasteiger partial charge in [-0.25, -0.2) is 0 Å². The molecule has 0 saturated heterocycles. The van der Waals surface area contributed by atoms with Crippen molar-refractivity contribution >= 4 is 17.0 Å². The maximum absolute atomic E-state index is 11.6. The molecular weight excluding hydrogens is 234 g/mol. The summed E-state index contributed by atoms with van der Waals surface area (Å²) in [4.78, 5) is 11.6. The molecule has 2 N–H and O–H groups in total. The minimum absolute atomic E-state index is 0.0323. The summed E-state index contributed by atoms with van der Waals surface area (Å²) >= 11 is 0. The maximum Gasteiger partial charge on any atom is 0.161 e. The third kappa shape index (κ3) is 3.02. The average molecular weight is 255 g/mol. The molecule has 0 heterocycles. The molecule has 0 amide bonds. The molecule has 100 valence electrons. The van der Waals surface area contributed by atoms with Gasteiger partial charge in [0.15, 0.2) is 5.78 Å². The first-order valence-electron chi connectivity index (χ1n) is 6.22. The summed E-state index contributed by atoms with van der Waals surface area (Å²) in [5, 5.41) is 0. The first-order valence-corrected chi connectivity index (χ1v) is 6.22. The Kier molecular flexibility index (Phi) is 4.49. The summed E-state index contributed by atoms with van der Waals surface area (Å²) in [6.07, 6.45) is 1.99. The van der Waals surface area contributed by atoms with E-state index in [0.29, 0.717) is 11.3 Å². The van der Waals surface area contributed by atoms with E-state index >= 15 is 0 Å². The normalized spacial score (nSPS) is 11.3. The quantitative estimate of drug-likeness (QED) is 0.495. The Morgan fingerprint density at radius 3 is 2.21 bits per heavy atom. The Labute approximate surface area is 115 Å². The number of anilines is 1. The second-order valence-electron chi connectivity index (χ2n) is 4.77. The third-order valence-electron chi connectivity index (χ3n) is 3.19. The van der Waals surface area contributed by atoms with Crippen LogP contribution in [0, 0.1) is 6.92 Å². The van der Waals surface area contributed by atoms with E-state index in [9.17, 15) is 4.79 Å². The monoisotopic (exact) mass is 255 g/mol. The molecule has 0 radical (unpaired) electrons. The Balaban J connectivity index is 3.50. The summed E-state index contributed by atoms with van der Waals surface area (Å²) in [5.74, 6) is -0.0323. The molecule has 0 aliphatic heterocycles. The number of ketones is 1. The lowest BCUT2D eigenvalue weighted by Gasteiger charge is -2.16. The zero-order chi connectivity index (χ0) is 14.7. The maximum atomic E-state index is 11.6. The zero-order valence-electron chi connectivity index (χ0n) is 12.1. The largest absolute Gasteiger partial charge is 0.398 e. The molecule has 0 aliphatic carbocycles. The second kappa shape index (κ2) is 5.70. The number of allylic oxidation sites excluding steroid dienone is 4. The molecule has 0 saturated carbocycles. The number of nitrogens with two attached hydrogens (primary N) is 1. The minimum Gasteiger partial charge on any atom is -0.398 e. The highest BCUT2D eigenvalue weighted by molar-refractivity contribution is 6.01. The van der Waals surface area contributed by atoms with Crippen LogP contribution in [0.3, 0.4) is 0 Å². The van der Waals surface area contributed by atoms with Crippen molar-refractivity contribution in [3.63, 3.8) is 0 Å². The molecule has 1 aromatic rings. The molecule has 0 bridgehead atoms. The van der Waals surface area contributed by atoms with E-state index < -0.39 is 0 Å². The lowest BCUT2D eigenvalue weighted by molar-refractivity contribution is 0.101. The van der Waals surface area contributed by atoms with Crippen molar-refractivity contribution in [1.82, 2.24) is 0 Å². The smallest absolute Gasteiger partial charge is 0.161 e. The molecule has 0 aliphatic rings. The van der Waals surface area contributed by atoms with Gasteiger partial charge >= 0.3 is 0 Å². The summed E-state index contributed by atoms with van der Waals surface area (Å²) in [6.45, 7) is 15.3. The fourth-order valence-electron chi connectivity index (χ4n) is 2.05. The van der Waals surface area contributed by atoms with Gasteiger partial charge in [-0.15, -0.1) is 0 Å². The fourth-order valence-corrected chi connectivity index (χ4v) is 2.05. The van der Waals surface area contributed by atoms with Crippen LogP contribution in [-0.2, 0) is 0 Å². The van der Waals surface area contributed by atoms with E-state index in [0.717, 1.165) is 27.8 Å². The Morgan fingerprint density at radius 2 is 1.79 bits per heavy atom. The summed E-state index contributed by atoms with van der Waals surface area (Å²) in [6, 6.07) is 3.68. The highest BCUT2D eigenvalue weighted by Gasteiger charge is 2.13. The molecule has 2 heteroatoms. The van der Waals surface area contributed by atoms with Gasteiger partial charge in [0, 0.05) is 11.3 Å². The van der Waals surface area contributed by atoms with Crippen LogP contribution in [0.25, 0.3) is 5.57 Å². The van der Waals surface area contributed by atoms with Gasteiger partial charge in [0.05, 0.1) is 0 Å². The molecule has 0 unspecified atom stereocenters. The predicted molar refractivity (Wildman–Crippen MR) is 83.2 cm³/mol. The van der Waals surface area contributed by atoms with Crippen molar-refractivity contribution in [2.75, 3.05) is 5.73 Å². The van der Waals surface area contributed by atoms with E-state index in [1.807, 2.05) is 39.0 Å². The van der Waals surface area contributed by atoms with E-state index in [-0.39, 0.29) is 5.78 Å². The number of rotatable bonds is 4. The number of carbonyl (C=O) groups is 1. The van der Waals surface area contributed by atoms with Crippen LogP contribution < -0.4 is 5.73 Å². The van der Waals surface area contributed by atoms with Gasteiger partial charge in [-0.2, -0.15) is 0 Å². The van der Waals surface area contributed by atoms with Gasteiger partial charge in [0.1, 0.15) is 0 Å². The van der Waals surface area contributed by atoms with Crippen molar-refractivity contribution in [3.8, 4) is 0 Å².